The Morgan fingerprint density at radius 3 is 2.33 bits per heavy atom. The first-order valence-electron chi connectivity index (χ1n) is 7.35. The van der Waals surface area contributed by atoms with Gasteiger partial charge in [-0.05, 0) is 48.9 Å². The Labute approximate surface area is 155 Å². The first-order valence-corrected chi connectivity index (χ1v) is 8.92. The molecule has 3 nitrogen and oxygen atoms in total. The standard InChI is InChI=1S/C18H16Cl2N2OS/c1-12-7-18(24-17-9-14(19)8-15(20)10-17)22(21-12)11-13-3-5-16(23-2)6-4-13/h3-10H,11H2,1-2H3. The van der Waals surface area contributed by atoms with Crippen molar-refractivity contribution in [3.05, 3.63) is 69.8 Å². The Morgan fingerprint density at radius 1 is 1.04 bits per heavy atom. The number of halogens is 2. The number of ether oxygens (including phenoxy) is 1. The van der Waals surface area contributed by atoms with Gasteiger partial charge < -0.3 is 4.74 Å². The highest BCUT2D eigenvalue weighted by atomic mass is 35.5. The molecule has 1 heterocycles. The molecule has 0 amide bonds. The van der Waals surface area contributed by atoms with E-state index in [0.717, 1.165) is 26.9 Å². The molecule has 1 aromatic heterocycles. The molecule has 0 aliphatic heterocycles. The summed E-state index contributed by atoms with van der Waals surface area (Å²) in [7, 11) is 1.66. The number of hydrogen-bond acceptors (Lipinski definition) is 3. The lowest BCUT2D eigenvalue weighted by Gasteiger charge is -2.09. The van der Waals surface area contributed by atoms with E-state index in [1.54, 1.807) is 24.9 Å². The smallest absolute Gasteiger partial charge is 0.118 e. The number of rotatable bonds is 5. The highest BCUT2D eigenvalue weighted by molar-refractivity contribution is 7.99. The van der Waals surface area contributed by atoms with Gasteiger partial charge in [0, 0.05) is 14.9 Å². The molecule has 0 spiro atoms. The van der Waals surface area contributed by atoms with E-state index in [-0.39, 0.29) is 0 Å². The molecule has 0 aliphatic carbocycles. The molecule has 3 rings (SSSR count). The van der Waals surface area contributed by atoms with Crippen LogP contribution in [0.4, 0.5) is 0 Å². The fourth-order valence-electron chi connectivity index (χ4n) is 2.33. The van der Waals surface area contributed by atoms with Crippen LogP contribution < -0.4 is 4.74 Å². The third-order valence-electron chi connectivity index (χ3n) is 3.42. The maximum Gasteiger partial charge on any atom is 0.118 e. The first kappa shape index (κ1) is 17.2. The number of methoxy groups -OCH3 is 1. The van der Waals surface area contributed by atoms with E-state index in [9.17, 15) is 0 Å². The molecule has 0 saturated carbocycles. The molecule has 3 aromatic rings. The summed E-state index contributed by atoms with van der Waals surface area (Å²) in [6.45, 7) is 2.67. The van der Waals surface area contributed by atoms with Crippen molar-refractivity contribution in [1.82, 2.24) is 9.78 Å². The van der Waals surface area contributed by atoms with E-state index in [1.165, 1.54) is 0 Å². The van der Waals surface area contributed by atoms with Crippen LogP contribution in [0.2, 0.25) is 10.0 Å². The maximum absolute atomic E-state index is 6.09. The van der Waals surface area contributed by atoms with E-state index < -0.39 is 0 Å². The number of nitrogens with zero attached hydrogens (tertiary/aromatic N) is 2. The number of aromatic nitrogens is 2. The summed E-state index contributed by atoms with van der Waals surface area (Å²) in [4.78, 5) is 0.989. The van der Waals surface area contributed by atoms with Crippen LogP contribution in [0.25, 0.3) is 0 Å². The van der Waals surface area contributed by atoms with Crippen molar-refractivity contribution in [2.75, 3.05) is 7.11 Å². The molecule has 24 heavy (non-hydrogen) atoms. The summed E-state index contributed by atoms with van der Waals surface area (Å²) in [6, 6.07) is 15.6. The zero-order valence-corrected chi connectivity index (χ0v) is 15.6. The first-order chi connectivity index (χ1) is 11.5. The molecule has 124 valence electrons. The molecule has 0 atom stereocenters. The van der Waals surface area contributed by atoms with Crippen molar-refractivity contribution < 1.29 is 4.74 Å². The van der Waals surface area contributed by atoms with Crippen LogP contribution in [0.1, 0.15) is 11.3 Å². The average molecular weight is 379 g/mol. The minimum Gasteiger partial charge on any atom is -0.497 e. The van der Waals surface area contributed by atoms with Gasteiger partial charge in [-0.1, -0.05) is 47.1 Å². The normalized spacial score (nSPS) is 10.8. The number of aryl methyl sites for hydroxylation is 1. The number of hydrogen-bond donors (Lipinski definition) is 0. The van der Waals surface area contributed by atoms with Crippen molar-refractivity contribution in [2.24, 2.45) is 0 Å². The molecule has 2 aromatic carbocycles. The van der Waals surface area contributed by atoms with Crippen LogP contribution in [0.15, 0.2) is 58.5 Å². The predicted molar refractivity (Wildman–Crippen MR) is 99.6 cm³/mol. The zero-order chi connectivity index (χ0) is 17.1. The van der Waals surface area contributed by atoms with Gasteiger partial charge in [-0.25, -0.2) is 0 Å². The summed E-state index contributed by atoms with van der Waals surface area (Å²) in [5.41, 5.74) is 2.13. The van der Waals surface area contributed by atoms with Gasteiger partial charge in [0.05, 0.1) is 24.4 Å². The highest BCUT2D eigenvalue weighted by Gasteiger charge is 2.09. The predicted octanol–water partition coefficient (Wildman–Crippen LogP) is 5.71. The lowest BCUT2D eigenvalue weighted by molar-refractivity contribution is 0.414. The second-order valence-corrected chi connectivity index (χ2v) is 7.30. The van der Waals surface area contributed by atoms with Gasteiger partial charge in [-0.2, -0.15) is 5.10 Å². The minimum absolute atomic E-state index is 0.628. The molecule has 0 radical (unpaired) electrons. The van der Waals surface area contributed by atoms with Crippen LogP contribution >= 0.6 is 35.0 Å². The molecule has 0 aliphatic rings. The van der Waals surface area contributed by atoms with Gasteiger partial charge in [-0.15, -0.1) is 0 Å². The fourth-order valence-corrected chi connectivity index (χ4v) is 4.04. The topological polar surface area (TPSA) is 27.1 Å². The molecule has 0 saturated heterocycles. The Morgan fingerprint density at radius 2 is 1.71 bits per heavy atom. The maximum atomic E-state index is 6.09. The van der Waals surface area contributed by atoms with Crippen LogP contribution in [0.5, 0.6) is 5.75 Å². The molecule has 6 heteroatoms. The Balaban J connectivity index is 1.84. The Kier molecular flexibility index (Phi) is 5.39. The summed E-state index contributed by atoms with van der Waals surface area (Å²) in [6.07, 6.45) is 0. The van der Waals surface area contributed by atoms with Crippen molar-refractivity contribution in [3.63, 3.8) is 0 Å². The van der Waals surface area contributed by atoms with Gasteiger partial charge >= 0.3 is 0 Å². The van der Waals surface area contributed by atoms with E-state index in [2.05, 4.69) is 11.2 Å². The summed E-state index contributed by atoms with van der Waals surface area (Å²) < 4.78 is 7.18. The van der Waals surface area contributed by atoms with Gasteiger partial charge in [0.2, 0.25) is 0 Å². The highest BCUT2D eigenvalue weighted by Crippen LogP contribution is 2.32. The second-order valence-electron chi connectivity index (χ2n) is 5.34. The fraction of sp³-hybridized carbons (Fsp3) is 0.167. The summed E-state index contributed by atoms with van der Waals surface area (Å²) >= 11 is 13.8. The molecular weight excluding hydrogens is 363 g/mol. The average Bonchev–Trinajstić information content (AvgIpc) is 2.86. The largest absolute Gasteiger partial charge is 0.497 e. The third kappa shape index (κ3) is 4.26. The van der Waals surface area contributed by atoms with Crippen LogP contribution in [-0.2, 0) is 6.54 Å². The van der Waals surface area contributed by atoms with E-state index in [1.807, 2.05) is 48.0 Å². The summed E-state index contributed by atoms with van der Waals surface area (Å²) in [5.74, 6) is 0.846. The minimum atomic E-state index is 0.628. The number of benzene rings is 2. The van der Waals surface area contributed by atoms with Crippen molar-refractivity contribution in [3.8, 4) is 5.75 Å². The molecular formula is C18H16Cl2N2OS. The van der Waals surface area contributed by atoms with Crippen LogP contribution in [0.3, 0.4) is 0 Å². The third-order valence-corrected chi connectivity index (χ3v) is 4.86. The van der Waals surface area contributed by atoms with E-state index in [0.29, 0.717) is 16.6 Å². The molecule has 0 unspecified atom stereocenters. The Hall–Kier alpha value is -1.62. The van der Waals surface area contributed by atoms with Gasteiger partial charge in [0.15, 0.2) is 0 Å². The Bertz CT molecular complexity index is 826. The lowest BCUT2D eigenvalue weighted by Crippen LogP contribution is -2.03. The monoisotopic (exact) mass is 378 g/mol. The van der Waals surface area contributed by atoms with E-state index in [4.69, 9.17) is 27.9 Å². The molecule has 0 fully saturated rings. The summed E-state index contributed by atoms with van der Waals surface area (Å²) in [5, 5.41) is 6.89. The molecule has 0 N–H and O–H groups in total. The quantitative estimate of drug-likeness (QED) is 0.569. The lowest BCUT2D eigenvalue weighted by atomic mass is 10.2. The van der Waals surface area contributed by atoms with Gasteiger partial charge in [-0.3, -0.25) is 4.68 Å². The second kappa shape index (κ2) is 7.51. The van der Waals surface area contributed by atoms with Gasteiger partial charge in [0.1, 0.15) is 5.75 Å². The van der Waals surface area contributed by atoms with Crippen molar-refractivity contribution in [1.29, 1.82) is 0 Å². The zero-order valence-electron chi connectivity index (χ0n) is 13.3. The SMILES string of the molecule is COc1ccc(Cn2nc(C)cc2Sc2cc(Cl)cc(Cl)c2)cc1. The van der Waals surface area contributed by atoms with Crippen LogP contribution in [0, 0.1) is 6.92 Å². The van der Waals surface area contributed by atoms with E-state index >= 15 is 0 Å². The molecule has 0 bridgehead atoms. The van der Waals surface area contributed by atoms with Crippen LogP contribution in [-0.4, -0.2) is 16.9 Å². The van der Waals surface area contributed by atoms with Crippen molar-refractivity contribution >= 4 is 35.0 Å². The van der Waals surface area contributed by atoms with Gasteiger partial charge in [0.25, 0.3) is 0 Å². The van der Waals surface area contributed by atoms with Crippen molar-refractivity contribution in [2.45, 2.75) is 23.4 Å².